The summed E-state index contributed by atoms with van der Waals surface area (Å²) in [5, 5.41) is 5.07. The third kappa shape index (κ3) is 4.77. The number of benzene rings is 1. The first kappa shape index (κ1) is 21.2. The number of amides is 2. The predicted octanol–water partition coefficient (Wildman–Crippen LogP) is 4.50. The summed E-state index contributed by atoms with van der Waals surface area (Å²) in [4.78, 5) is 37.6. The average Bonchev–Trinajstić information content (AvgIpc) is 3.50. The van der Waals surface area contributed by atoms with Crippen LogP contribution >= 0.6 is 0 Å². The molecule has 1 aromatic carbocycles. The van der Waals surface area contributed by atoms with E-state index in [1.165, 1.54) is 0 Å². The van der Waals surface area contributed by atoms with Gasteiger partial charge in [0.05, 0.1) is 0 Å². The number of hydrogen-bond acceptors (Lipinski definition) is 3. The van der Waals surface area contributed by atoms with Crippen molar-refractivity contribution in [1.82, 2.24) is 25.2 Å². The number of likely N-dealkylation sites (tertiary alicyclic amines) is 1. The highest BCUT2D eigenvalue weighted by Gasteiger charge is 2.23. The summed E-state index contributed by atoms with van der Waals surface area (Å²) in [5.41, 5.74) is 3.25. The van der Waals surface area contributed by atoms with Crippen molar-refractivity contribution >= 4 is 33.6 Å². The average molecular weight is 444 g/mol. The Morgan fingerprint density at radius 2 is 1.91 bits per heavy atom. The number of piperidine rings is 1. The molecule has 7 heteroatoms. The first-order chi connectivity index (χ1) is 16.2. The molecule has 4 aromatic rings. The van der Waals surface area contributed by atoms with Crippen molar-refractivity contribution in [3.63, 3.8) is 0 Å². The maximum absolute atomic E-state index is 12.9. The van der Waals surface area contributed by atoms with Crippen LogP contribution in [-0.2, 0) is 0 Å². The topological polar surface area (TPSA) is 93.9 Å². The number of rotatable bonds is 7. The number of pyridine rings is 1. The van der Waals surface area contributed by atoms with E-state index in [1.54, 1.807) is 12.4 Å². The maximum Gasteiger partial charge on any atom is 0.267 e. The molecule has 33 heavy (non-hydrogen) atoms. The van der Waals surface area contributed by atoms with E-state index in [4.69, 9.17) is 0 Å². The Hall–Kier alpha value is -3.61. The third-order valence-electron chi connectivity index (χ3n) is 6.69. The molecule has 0 radical (unpaired) electrons. The molecule has 4 heterocycles. The SMILES string of the molecule is O=C(NCCCCC1CCN(C(=O)c2ccc3cc[nH]c3c2)CC1)c1cc2cnccc2[nH]1. The van der Waals surface area contributed by atoms with E-state index in [0.717, 1.165) is 72.6 Å². The molecule has 0 saturated carbocycles. The van der Waals surface area contributed by atoms with Gasteiger partial charge in [0.15, 0.2) is 0 Å². The van der Waals surface area contributed by atoms with Gasteiger partial charge in [0.1, 0.15) is 5.69 Å². The highest BCUT2D eigenvalue weighted by atomic mass is 16.2. The summed E-state index contributed by atoms with van der Waals surface area (Å²) in [5.74, 6) is 0.702. The smallest absolute Gasteiger partial charge is 0.267 e. The van der Waals surface area contributed by atoms with E-state index in [1.807, 2.05) is 47.5 Å². The van der Waals surface area contributed by atoms with E-state index in [0.29, 0.717) is 18.2 Å². The van der Waals surface area contributed by atoms with Gasteiger partial charge in [0, 0.05) is 60.2 Å². The minimum Gasteiger partial charge on any atom is -0.361 e. The number of unbranched alkanes of at least 4 members (excludes halogenated alkanes) is 1. The van der Waals surface area contributed by atoms with Crippen LogP contribution in [-0.4, -0.2) is 51.3 Å². The number of fused-ring (bicyclic) bond motifs is 2. The zero-order chi connectivity index (χ0) is 22.6. The van der Waals surface area contributed by atoms with Crippen LogP contribution in [0.4, 0.5) is 0 Å². The molecule has 5 rings (SSSR count). The first-order valence-electron chi connectivity index (χ1n) is 11.7. The Labute approximate surface area is 192 Å². The van der Waals surface area contributed by atoms with E-state index in [-0.39, 0.29) is 11.8 Å². The summed E-state index contributed by atoms with van der Waals surface area (Å²) in [6, 6.07) is 11.6. The maximum atomic E-state index is 12.9. The van der Waals surface area contributed by atoms with Crippen LogP contribution in [0.3, 0.4) is 0 Å². The van der Waals surface area contributed by atoms with Gasteiger partial charge in [-0.15, -0.1) is 0 Å². The molecule has 0 aliphatic carbocycles. The summed E-state index contributed by atoms with van der Waals surface area (Å²) in [7, 11) is 0. The van der Waals surface area contributed by atoms with E-state index in [9.17, 15) is 9.59 Å². The van der Waals surface area contributed by atoms with E-state index < -0.39 is 0 Å². The lowest BCUT2D eigenvalue weighted by Crippen LogP contribution is -2.38. The molecular formula is C26H29N5O2. The number of carbonyl (C=O) groups is 2. The quantitative estimate of drug-likeness (QED) is 0.367. The number of aromatic amines is 2. The second-order valence-corrected chi connectivity index (χ2v) is 8.91. The first-order valence-corrected chi connectivity index (χ1v) is 11.7. The predicted molar refractivity (Wildman–Crippen MR) is 129 cm³/mol. The normalized spacial score (nSPS) is 14.7. The Morgan fingerprint density at radius 3 is 2.76 bits per heavy atom. The van der Waals surface area contributed by atoms with Gasteiger partial charge in [-0.2, -0.15) is 0 Å². The molecule has 1 saturated heterocycles. The molecule has 7 nitrogen and oxygen atoms in total. The van der Waals surface area contributed by atoms with Crippen molar-refractivity contribution < 1.29 is 9.59 Å². The van der Waals surface area contributed by atoms with Gasteiger partial charge in [0.25, 0.3) is 11.8 Å². The number of carbonyl (C=O) groups excluding carboxylic acids is 2. The lowest BCUT2D eigenvalue weighted by molar-refractivity contribution is 0.0686. The fraction of sp³-hybridized carbons (Fsp3) is 0.346. The van der Waals surface area contributed by atoms with Crippen molar-refractivity contribution in [3.05, 3.63) is 66.2 Å². The van der Waals surface area contributed by atoms with Gasteiger partial charge in [-0.25, -0.2) is 0 Å². The van der Waals surface area contributed by atoms with Crippen LogP contribution in [0.15, 0.2) is 55.0 Å². The fourth-order valence-electron chi connectivity index (χ4n) is 4.74. The standard InChI is InChI=1S/C26H29N5O2/c32-25(24-16-21-17-27-11-7-22(21)30-24)29-10-2-1-3-18-8-13-31(14-9-18)26(33)20-5-4-19-6-12-28-23(19)15-20/h4-7,11-12,15-18,28,30H,1-3,8-10,13-14H2,(H,29,32). The Morgan fingerprint density at radius 1 is 1.03 bits per heavy atom. The van der Waals surface area contributed by atoms with Gasteiger partial charge in [-0.1, -0.05) is 18.9 Å². The second kappa shape index (κ2) is 9.48. The molecule has 2 amide bonds. The number of H-pyrrole nitrogens is 2. The Kier molecular flexibility index (Phi) is 6.11. The van der Waals surface area contributed by atoms with Gasteiger partial charge in [0.2, 0.25) is 0 Å². The van der Waals surface area contributed by atoms with E-state index in [2.05, 4.69) is 20.3 Å². The molecule has 1 fully saturated rings. The van der Waals surface area contributed by atoms with Crippen molar-refractivity contribution in [2.24, 2.45) is 5.92 Å². The van der Waals surface area contributed by atoms with Crippen molar-refractivity contribution in [2.45, 2.75) is 32.1 Å². The van der Waals surface area contributed by atoms with Crippen LogP contribution in [0.5, 0.6) is 0 Å². The van der Waals surface area contributed by atoms with Crippen molar-refractivity contribution in [2.75, 3.05) is 19.6 Å². The molecule has 1 aliphatic rings. The monoisotopic (exact) mass is 443 g/mol. The number of aromatic nitrogens is 3. The minimum absolute atomic E-state index is 0.0736. The summed E-state index contributed by atoms with van der Waals surface area (Å²) < 4.78 is 0. The summed E-state index contributed by atoms with van der Waals surface area (Å²) in [6.07, 6.45) is 10.6. The molecule has 0 atom stereocenters. The molecule has 170 valence electrons. The molecule has 0 unspecified atom stereocenters. The van der Waals surface area contributed by atoms with Crippen molar-refractivity contribution in [3.8, 4) is 0 Å². The lowest BCUT2D eigenvalue weighted by Gasteiger charge is -2.32. The second-order valence-electron chi connectivity index (χ2n) is 8.91. The number of hydrogen-bond donors (Lipinski definition) is 3. The largest absolute Gasteiger partial charge is 0.361 e. The minimum atomic E-state index is -0.0736. The molecular weight excluding hydrogens is 414 g/mol. The summed E-state index contributed by atoms with van der Waals surface area (Å²) >= 11 is 0. The van der Waals surface area contributed by atoms with Crippen LogP contribution in [0.1, 0.15) is 53.0 Å². The number of nitrogens with one attached hydrogen (secondary N) is 3. The van der Waals surface area contributed by atoms with Gasteiger partial charge in [-0.05, 0) is 60.9 Å². The highest BCUT2D eigenvalue weighted by molar-refractivity contribution is 5.98. The lowest BCUT2D eigenvalue weighted by atomic mass is 9.91. The number of nitrogens with zero attached hydrogens (tertiary/aromatic N) is 2. The zero-order valence-electron chi connectivity index (χ0n) is 18.6. The molecule has 3 N–H and O–H groups in total. The molecule has 0 spiro atoms. The fourth-order valence-corrected chi connectivity index (χ4v) is 4.74. The van der Waals surface area contributed by atoms with Crippen LogP contribution in [0.2, 0.25) is 0 Å². The van der Waals surface area contributed by atoms with Crippen LogP contribution in [0, 0.1) is 5.92 Å². The Bertz CT molecular complexity index is 1230. The van der Waals surface area contributed by atoms with Gasteiger partial charge < -0.3 is 20.2 Å². The van der Waals surface area contributed by atoms with Crippen molar-refractivity contribution in [1.29, 1.82) is 0 Å². The van der Waals surface area contributed by atoms with Crippen LogP contribution < -0.4 is 5.32 Å². The summed E-state index contributed by atoms with van der Waals surface area (Å²) in [6.45, 7) is 2.31. The molecule has 0 bridgehead atoms. The third-order valence-corrected chi connectivity index (χ3v) is 6.69. The van der Waals surface area contributed by atoms with Gasteiger partial charge in [-0.3, -0.25) is 14.6 Å². The van der Waals surface area contributed by atoms with Gasteiger partial charge >= 0.3 is 0 Å². The molecule has 3 aromatic heterocycles. The molecule has 1 aliphatic heterocycles. The zero-order valence-corrected chi connectivity index (χ0v) is 18.6. The van der Waals surface area contributed by atoms with Crippen LogP contribution in [0.25, 0.3) is 21.8 Å². The highest BCUT2D eigenvalue weighted by Crippen LogP contribution is 2.24. The Balaban J connectivity index is 1.01. The van der Waals surface area contributed by atoms with E-state index >= 15 is 0 Å².